The fraction of sp³-hybridized carbons (Fsp3) is 0.769. The second kappa shape index (κ2) is 6.67. The molecule has 3 atom stereocenters. The quantitative estimate of drug-likeness (QED) is 0.787. The molecule has 2 saturated heterocycles. The van der Waals surface area contributed by atoms with Crippen molar-refractivity contribution in [1.82, 2.24) is 15.5 Å². The lowest BCUT2D eigenvalue weighted by atomic mass is 9.92. The molecule has 2 aliphatic heterocycles. The van der Waals surface area contributed by atoms with E-state index in [0.29, 0.717) is 19.1 Å². The smallest absolute Gasteiger partial charge is 0.249 e. The number of nitrogens with one attached hydrogen (secondary N) is 1. The highest BCUT2D eigenvalue weighted by atomic mass is 32.1. The Morgan fingerprint density at radius 1 is 1.67 bits per heavy atom. The standard InChI is InChI=1S/C13H20N4O3S/c1-19-5-3-14-12(18)10-6-9-2-4-17(7-11(9)20-10)13-16-15-8-21-13/h8-11H,2-7H2,1H3,(H,14,18)/t9-,10-,11+/m0/s1. The summed E-state index contributed by atoms with van der Waals surface area (Å²) in [5, 5.41) is 11.8. The Balaban J connectivity index is 1.53. The van der Waals surface area contributed by atoms with Crippen LogP contribution in [-0.4, -0.2) is 61.7 Å². The Bertz CT molecular complexity index is 470. The molecule has 0 saturated carbocycles. The average Bonchev–Trinajstić information content (AvgIpc) is 3.15. The molecule has 116 valence electrons. The van der Waals surface area contributed by atoms with Gasteiger partial charge in [0, 0.05) is 26.7 Å². The van der Waals surface area contributed by atoms with Crippen molar-refractivity contribution in [2.24, 2.45) is 5.92 Å². The predicted octanol–water partition coefficient (Wildman–Crippen LogP) is 0.285. The number of hydrogen-bond acceptors (Lipinski definition) is 7. The van der Waals surface area contributed by atoms with Gasteiger partial charge >= 0.3 is 0 Å². The van der Waals surface area contributed by atoms with Crippen LogP contribution < -0.4 is 10.2 Å². The van der Waals surface area contributed by atoms with E-state index in [4.69, 9.17) is 9.47 Å². The summed E-state index contributed by atoms with van der Waals surface area (Å²) in [6, 6.07) is 0. The number of anilines is 1. The van der Waals surface area contributed by atoms with Gasteiger partial charge in [0.15, 0.2) is 0 Å². The Morgan fingerprint density at radius 2 is 2.57 bits per heavy atom. The molecule has 1 amide bonds. The number of hydrogen-bond donors (Lipinski definition) is 1. The molecule has 1 N–H and O–H groups in total. The third kappa shape index (κ3) is 3.33. The van der Waals surface area contributed by atoms with Crippen molar-refractivity contribution in [3.8, 4) is 0 Å². The van der Waals surface area contributed by atoms with Gasteiger partial charge in [0.25, 0.3) is 0 Å². The van der Waals surface area contributed by atoms with Crippen molar-refractivity contribution in [3.05, 3.63) is 5.51 Å². The molecule has 1 aromatic rings. The first-order valence-electron chi connectivity index (χ1n) is 7.21. The molecule has 2 aliphatic rings. The van der Waals surface area contributed by atoms with Crippen LogP contribution in [-0.2, 0) is 14.3 Å². The third-order valence-electron chi connectivity index (χ3n) is 4.07. The molecule has 2 fully saturated rings. The van der Waals surface area contributed by atoms with Gasteiger partial charge in [0.05, 0.1) is 12.7 Å². The van der Waals surface area contributed by atoms with Crippen LogP contribution in [0.15, 0.2) is 5.51 Å². The lowest BCUT2D eigenvalue weighted by molar-refractivity contribution is -0.132. The SMILES string of the molecule is COCCNC(=O)[C@@H]1C[C@@H]2CCN(c3nncs3)C[C@H]2O1. The minimum Gasteiger partial charge on any atom is -0.383 e. The van der Waals surface area contributed by atoms with Gasteiger partial charge in [-0.05, 0) is 18.8 Å². The molecule has 1 aromatic heterocycles. The summed E-state index contributed by atoms with van der Waals surface area (Å²) in [5.74, 6) is 0.441. The van der Waals surface area contributed by atoms with Crippen molar-refractivity contribution in [2.45, 2.75) is 25.0 Å². The number of nitrogens with zero attached hydrogens (tertiary/aromatic N) is 3. The summed E-state index contributed by atoms with van der Waals surface area (Å²) in [7, 11) is 1.62. The van der Waals surface area contributed by atoms with E-state index in [0.717, 1.165) is 31.1 Å². The molecule has 3 rings (SSSR count). The minimum atomic E-state index is -0.328. The third-order valence-corrected chi connectivity index (χ3v) is 4.82. The van der Waals surface area contributed by atoms with Gasteiger partial charge in [-0.1, -0.05) is 11.3 Å². The number of rotatable bonds is 5. The van der Waals surface area contributed by atoms with E-state index in [1.165, 1.54) is 11.3 Å². The molecule has 0 unspecified atom stereocenters. The summed E-state index contributed by atoms with van der Waals surface area (Å²) in [4.78, 5) is 14.2. The lowest BCUT2D eigenvalue weighted by Crippen LogP contribution is -2.42. The van der Waals surface area contributed by atoms with Crippen LogP contribution in [0.5, 0.6) is 0 Å². The van der Waals surface area contributed by atoms with Gasteiger partial charge in [0.2, 0.25) is 11.0 Å². The van der Waals surface area contributed by atoms with E-state index in [9.17, 15) is 4.79 Å². The highest BCUT2D eigenvalue weighted by Crippen LogP contribution is 2.35. The Labute approximate surface area is 127 Å². The Kier molecular flexibility index (Phi) is 4.67. The number of ether oxygens (including phenoxy) is 2. The van der Waals surface area contributed by atoms with E-state index in [1.807, 2.05) is 0 Å². The van der Waals surface area contributed by atoms with Crippen LogP contribution in [0.2, 0.25) is 0 Å². The van der Waals surface area contributed by atoms with Crippen LogP contribution in [0.25, 0.3) is 0 Å². The number of methoxy groups -OCH3 is 1. The molecule has 0 bridgehead atoms. The fourth-order valence-corrected chi connectivity index (χ4v) is 3.57. The molecule has 0 spiro atoms. The maximum absolute atomic E-state index is 12.0. The number of carbonyl (C=O) groups is 1. The molecule has 0 radical (unpaired) electrons. The first-order valence-corrected chi connectivity index (χ1v) is 8.09. The van der Waals surface area contributed by atoms with Gasteiger partial charge in [-0.15, -0.1) is 10.2 Å². The minimum absolute atomic E-state index is 0.0242. The van der Waals surface area contributed by atoms with E-state index >= 15 is 0 Å². The second-order valence-corrected chi connectivity index (χ2v) is 6.21. The van der Waals surface area contributed by atoms with Crippen molar-refractivity contribution >= 4 is 22.4 Å². The fourth-order valence-electron chi connectivity index (χ4n) is 2.97. The van der Waals surface area contributed by atoms with Crippen molar-refractivity contribution in [2.75, 3.05) is 38.3 Å². The number of piperidine rings is 1. The van der Waals surface area contributed by atoms with Crippen LogP contribution in [0.3, 0.4) is 0 Å². The zero-order valence-corrected chi connectivity index (χ0v) is 12.8. The molecule has 21 heavy (non-hydrogen) atoms. The van der Waals surface area contributed by atoms with E-state index < -0.39 is 0 Å². The molecule has 0 aliphatic carbocycles. The highest BCUT2D eigenvalue weighted by Gasteiger charge is 2.42. The topological polar surface area (TPSA) is 76.6 Å². The average molecular weight is 312 g/mol. The maximum atomic E-state index is 12.0. The largest absolute Gasteiger partial charge is 0.383 e. The van der Waals surface area contributed by atoms with Crippen LogP contribution in [0.1, 0.15) is 12.8 Å². The van der Waals surface area contributed by atoms with Crippen LogP contribution in [0, 0.1) is 5.92 Å². The van der Waals surface area contributed by atoms with Gasteiger partial charge in [0.1, 0.15) is 11.6 Å². The summed E-state index contributed by atoms with van der Waals surface area (Å²) in [6.07, 6.45) is 1.63. The first-order chi connectivity index (χ1) is 10.3. The zero-order valence-electron chi connectivity index (χ0n) is 12.0. The molecule has 8 heteroatoms. The van der Waals surface area contributed by atoms with Gasteiger partial charge in [-0.25, -0.2) is 0 Å². The van der Waals surface area contributed by atoms with Crippen molar-refractivity contribution in [1.29, 1.82) is 0 Å². The monoisotopic (exact) mass is 312 g/mol. The lowest BCUT2D eigenvalue weighted by Gasteiger charge is -2.33. The summed E-state index contributed by atoms with van der Waals surface area (Å²) in [5.41, 5.74) is 1.74. The molecular formula is C13H20N4O3S. The molecule has 3 heterocycles. The normalized spacial score (nSPS) is 28.4. The molecule has 0 aromatic carbocycles. The number of amides is 1. The predicted molar refractivity (Wildman–Crippen MR) is 78.4 cm³/mol. The number of aromatic nitrogens is 2. The molecular weight excluding hydrogens is 292 g/mol. The van der Waals surface area contributed by atoms with Gasteiger partial charge in [-0.2, -0.15) is 0 Å². The highest BCUT2D eigenvalue weighted by molar-refractivity contribution is 7.13. The Hall–Kier alpha value is -1.25. The molecule has 7 nitrogen and oxygen atoms in total. The number of carbonyl (C=O) groups excluding carboxylic acids is 1. The van der Waals surface area contributed by atoms with E-state index in [2.05, 4.69) is 20.4 Å². The van der Waals surface area contributed by atoms with Crippen molar-refractivity contribution < 1.29 is 14.3 Å². The van der Waals surface area contributed by atoms with Gasteiger partial charge < -0.3 is 19.7 Å². The van der Waals surface area contributed by atoms with Crippen LogP contribution in [0.4, 0.5) is 5.13 Å². The summed E-state index contributed by atoms with van der Waals surface area (Å²) >= 11 is 1.54. The van der Waals surface area contributed by atoms with E-state index in [-0.39, 0.29) is 18.1 Å². The summed E-state index contributed by atoms with van der Waals surface area (Å²) < 4.78 is 10.9. The van der Waals surface area contributed by atoms with Crippen LogP contribution >= 0.6 is 11.3 Å². The zero-order chi connectivity index (χ0) is 14.7. The maximum Gasteiger partial charge on any atom is 0.249 e. The van der Waals surface area contributed by atoms with Gasteiger partial charge in [-0.3, -0.25) is 4.79 Å². The van der Waals surface area contributed by atoms with Crippen molar-refractivity contribution in [3.63, 3.8) is 0 Å². The number of fused-ring (bicyclic) bond motifs is 1. The first kappa shape index (κ1) is 14.7. The van der Waals surface area contributed by atoms with E-state index in [1.54, 1.807) is 12.6 Å². The Morgan fingerprint density at radius 3 is 3.33 bits per heavy atom. The summed E-state index contributed by atoms with van der Waals surface area (Å²) in [6.45, 7) is 2.80. The second-order valence-electron chi connectivity index (χ2n) is 5.40.